The number of aromatic nitrogens is 1. The quantitative estimate of drug-likeness (QED) is 0.0115. The number of nitrogens with two attached hydrogens (primary N) is 5. The maximum atomic E-state index is 15.1. The molecule has 33 heteroatoms. The average Bonchev–Trinajstić information content (AvgIpc) is 1.62. The molecule has 2 heterocycles. The number of benzene rings is 1. The molecule has 1 aromatic carbocycles. The zero-order chi connectivity index (χ0) is 70.4. The fraction of sp³-hybridized carbons (Fsp3) is 0.593. The van der Waals surface area contributed by atoms with Crippen molar-refractivity contribution in [3.8, 4) is 0 Å². The molecule has 3 rings (SSSR count). The highest BCUT2D eigenvalue weighted by Crippen LogP contribution is 2.30. The molecule has 1 unspecified atom stereocenters. The number of amides is 9. The second-order valence-electron chi connectivity index (χ2n) is 22.3. The Balaban J connectivity index is 2.14. The van der Waals surface area contributed by atoms with Gasteiger partial charge in [-0.25, -0.2) is 4.79 Å². The van der Waals surface area contributed by atoms with E-state index >= 15 is 4.79 Å². The zero-order valence-electron chi connectivity index (χ0n) is 53.7. The summed E-state index contributed by atoms with van der Waals surface area (Å²) in [5.41, 5.74) is 28.6. The van der Waals surface area contributed by atoms with Crippen LogP contribution in [0.1, 0.15) is 119 Å². The number of hydrogen-bond acceptors (Lipinski definition) is 20. The first kappa shape index (κ1) is 74.4. The van der Waals surface area contributed by atoms with Gasteiger partial charge in [0.25, 0.3) is 0 Å². The van der Waals surface area contributed by atoms with E-state index in [4.69, 9.17) is 31.4 Å². The number of primary amides is 2. The van der Waals surface area contributed by atoms with Crippen LogP contribution in [0.3, 0.4) is 0 Å². The van der Waals surface area contributed by atoms with E-state index < -0.39 is 188 Å². The Kier molecular flexibility index (Phi) is 32.8. The van der Waals surface area contributed by atoms with Gasteiger partial charge in [-0.1, -0.05) is 46.7 Å². The number of aliphatic carboxylic acids is 1. The summed E-state index contributed by atoms with van der Waals surface area (Å²) < 4.78 is 15.3. The summed E-state index contributed by atoms with van der Waals surface area (Å²) in [7, 11) is 2.02. The molecule has 1 fully saturated rings. The number of para-hydroxylation sites is 1. The van der Waals surface area contributed by atoms with Gasteiger partial charge < -0.3 is 80.7 Å². The molecule has 0 radical (unpaired) electrons. The Labute approximate surface area is 542 Å². The number of aliphatic hydroxyl groups excluding tert-OH is 1. The summed E-state index contributed by atoms with van der Waals surface area (Å²) in [6.45, 7) is 1.42. The molecule has 1 aliphatic heterocycles. The monoisotopic (exact) mass is 1330 g/mol. The lowest BCUT2D eigenvalue weighted by atomic mass is 9.89. The summed E-state index contributed by atoms with van der Waals surface area (Å²) in [6, 6.07) is -0.833. The smallest absolute Gasteiger partial charge is 0.312 e. The number of H-pyrrole nitrogens is 1. The van der Waals surface area contributed by atoms with Crippen LogP contribution in [0, 0.1) is 23.7 Å². The van der Waals surface area contributed by atoms with Crippen LogP contribution >= 0.6 is 21.6 Å². The third-order valence-corrected chi connectivity index (χ3v) is 17.6. The van der Waals surface area contributed by atoms with Crippen molar-refractivity contribution in [2.75, 3.05) is 44.2 Å². The molecule has 1 saturated heterocycles. The highest BCUT2D eigenvalue weighted by atomic mass is 33.1. The molecular formula is C59H88N14O17S2. The fourth-order valence-corrected chi connectivity index (χ4v) is 12.7. The van der Waals surface area contributed by atoms with E-state index in [1.807, 2.05) is 5.32 Å². The number of ketones is 6. The third-order valence-electron chi connectivity index (χ3n) is 15.1. The van der Waals surface area contributed by atoms with Crippen LogP contribution in [0.5, 0.6) is 0 Å². The minimum atomic E-state index is -1.71. The number of rotatable bonds is 46. The topological polar surface area (TPSA) is 530 Å². The van der Waals surface area contributed by atoms with Crippen molar-refractivity contribution in [2.24, 2.45) is 57.3 Å². The largest absolute Gasteiger partial charge is 0.481 e. The van der Waals surface area contributed by atoms with E-state index in [1.165, 1.54) is 0 Å². The second kappa shape index (κ2) is 40.5. The van der Waals surface area contributed by atoms with Crippen LogP contribution in [-0.2, 0) is 73.5 Å². The van der Waals surface area contributed by atoms with Gasteiger partial charge in [0, 0.05) is 111 Å². The lowest BCUT2D eigenvalue weighted by Crippen LogP contribution is -2.50. The van der Waals surface area contributed by atoms with Gasteiger partial charge in [0.1, 0.15) is 13.2 Å². The molecular weight excluding hydrogens is 1240 g/mol. The van der Waals surface area contributed by atoms with Crippen LogP contribution < -0.4 is 60.6 Å². The molecule has 11 atom stereocenters. The highest BCUT2D eigenvalue weighted by molar-refractivity contribution is 8.76. The number of nitrogens with zero attached hydrogens (tertiary/aromatic N) is 2. The minimum Gasteiger partial charge on any atom is -0.481 e. The first-order valence-corrected chi connectivity index (χ1v) is 32.5. The average molecular weight is 1330 g/mol. The molecule has 9 amide bonds. The lowest BCUT2D eigenvalue weighted by Gasteiger charge is -2.29. The van der Waals surface area contributed by atoms with Crippen LogP contribution in [0.25, 0.3) is 10.9 Å². The number of urea groups is 1. The van der Waals surface area contributed by atoms with Gasteiger partial charge >= 0.3 is 12.0 Å². The Morgan fingerprint density at radius 1 is 0.793 bits per heavy atom. The molecule has 31 nitrogen and oxygen atoms in total. The molecule has 0 bridgehead atoms. The van der Waals surface area contributed by atoms with Crippen molar-refractivity contribution in [3.05, 3.63) is 36.0 Å². The maximum Gasteiger partial charge on any atom is 0.312 e. The van der Waals surface area contributed by atoms with E-state index in [9.17, 15) is 77.3 Å². The molecule has 19 N–H and O–H groups in total. The minimum absolute atomic E-state index is 0.0127. The van der Waals surface area contributed by atoms with Crippen LogP contribution in [0.2, 0.25) is 0 Å². The molecule has 2 aromatic rings. The fourth-order valence-electron chi connectivity index (χ4n) is 10.3. The van der Waals surface area contributed by atoms with Gasteiger partial charge in [-0.2, -0.15) is 0 Å². The number of aliphatic hydroxyl groups is 1. The van der Waals surface area contributed by atoms with Gasteiger partial charge in [-0.05, 0) is 70.4 Å². The van der Waals surface area contributed by atoms with Gasteiger partial charge in [0.15, 0.2) is 34.9 Å². The number of aromatic amines is 1. The number of likely N-dealkylation sites (tertiary alicyclic amines) is 1. The summed E-state index contributed by atoms with van der Waals surface area (Å²) in [5, 5.41) is 35.3. The van der Waals surface area contributed by atoms with Gasteiger partial charge in [0.2, 0.25) is 41.8 Å². The number of aliphatic imine (C=N–C) groups is 1. The van der Waals surface area contributed by atoms with Crippen molar-refractivity contribution in [1.82, 2.24) is 41.8 Å². The number of carboxylic acid groups (broad SMARTS) is 1. The van der Waals surface area contributed by atoms with E-state index in [1.54, 1.807) is 37.4 Å². The number of nitrogens with one attached hydrogen (secondary N) is 7. The van der Waals surface area contributed by atoms with E-state index in [2.05, 4.69) is 36.6 Å². The second-order valence-corrected chi connectivity index (χ2v) is 24.8. The standard InChI is InChI=1S/C59H88N14O17S2/c1-4-45(77)42(70-51(83)26-60)29-91-92-30-43(72-56(88)35(10-7-17-65-58(62)63)23-48(80)44-14-9-19-73(44)57(89)37(25-52(84)85)24-49(81)53(33(3)76)69-31-74)47(79)21-34(11-8-18-66-59(64)90)55(87)71-41(20-38-28-67-40-13-6-5-12-39(38)40)46(78)22-36(15-16-50(61)82)54(86)68-27-32(2)75/h5-6,12-13,28,31,33-37,41-44,53,67,76H,4,7-11,14-27,29-30,60H2,1-3H3,(H2,61,82)(H,68,86)(H,69,74)(H,70,83)(H,71,87)(H,72,88)(H,84,85)(H4,62,63,65)(H3,64,66,90)/t33-,34-,35-,36-,37+,41+,42+,43+,44+,53+/m1/s1/i27D,31H/t27?,33-,34-,35-,36-,37+,41+,42+,43+,44+,53+. The molecule has 508 valence electrons. The predicted octanol–water partition coefficient (Wildman–Crippen LogP) is -1.78. The van der Waals surface area contributed by atoms with Crippen molar-refractivity contribution in [1.29, 1.82) is 0 Å². The number of carbonyl (C=O) groups excluding carboxylic acids is 14. The first-order valence-electron chi connectivity index (χ1n) is 31.1. The van der Waals surface area contributed by atoms with E-state index in [-0.39, 0.29) is 107 Å². The summed E-state index contributed by atoms with van der Waals surface area (Å²) in [4.78, 5) is 208. The highest BCUT2D eigenvalue weighted by Gasteiger charge is 2.41. The van der Waals surface area contributed by atoms with Crippen LogP contribution in [0.4, 0.5) is 4.79 Å². The van der Waals surface area contributed by atoms with Crippen molar-refractivity contribution in [3.63, 3.8) is 0 Å². The Hall–Kier alpha value is -8.30. The SMILES string of the molecule is [1H]C(=O)N[C@H](C(=O)C[C@@H](CC(=O)O)C(=O)N1CCC[C@H]1C(=O)C[C@@H](CCCN=C(N)N)C(=O)N[C@@H](CSSC[C@H](NC(=O)CN)C(=O)CC)C(=O)C[C@@H](CCCNC(N)=O)C(=O)N[C@@H](Cc1c[nH]c2ccccc12)C(=O)C[C@@H](CCC(N)=O)C(=O)NC([2H])C(C)=O)[C@@H](C)O. The number of guanidine groups is 1. The Morgan fingerprint density at radius 3 is 1.98 bits per heavy atom. The predicted molar refractivity (Wildman–Crippen MR) is 340 cm³/mol. The van der Waals surface area contributed by atoms with Gasteiger partial charge in [-0.3, -0.25) is 72.1 Å². The molecule has 0 saturated carbocycles. The number of carbonyl (C=O) groups is 15. The van der Waals surface area contributed by atoms with Crippen LogP contribution in [-0.4, -0.2) is 195 Å². The number of hydrogen-bond donors (Lipinski definition) is 14. The number of fused-ring (bicyclic) bond motifs is 1. The molecule has 1 aromatic heterocycles. The first-order chi connectivity index (χ1) is 44.4. The summed E-state index contributed by atoms with van der Waals surface area (Å²) in [5.74, 6) is -17.0. The van der Waals surface area contributed by atoms with Crippen molar-refractivity contribution in [2.45, 2.75) is 153 Å². The molecule has 0 spiro atoms. The normalized spacial score (nSPS) is 16.4. The van der Waals surface area contributed by atoms with Gasteiger partial charge in [-0.15, -0.1) is 0 Å². The van der Waals surface area contributed by atoms with Crippen LogP contribution in [0.15, 0.2) is 35.5 Å². The number of carboxylic acids is 1. The van der Waals surface area contributed by atoms with Gasteiger partial charge in [0.05, 0.1) is 57.0 Å². The molecule has 0 aliphatic carbocycles. The van der Waals surface area contributed by atoms with Crippen molar-refractivity contribution >= 4 is 127 Å². The van der Waals surface area contributed by atoms with Crippen molar-refractivity contribution < 1.29 is 84.9 Å². The molecule has 1 aliphatic rings. The maximum absolute atomic E-state index is 15.1. The number of Topliss-reactive ketones (excluding diaryl/α,β-unsaturated/α-hetero) is 6. The lowest BCUT2D eigenvalue weighted by molar-refractivity contribution is -0.148. The third kappa shape index (κ3) is 27.3. The Morgan fingerprint density at radius 2 is 1.39 bits per heavy atom. The van der Waals surface area contributed by atoms with E-state index in [0.29, 0.717) is 16.5 Å². The zero-order valence-corrected chi connectivity index (χ0v) is 53.3. The molecule has 92 heavy (non-hydrogen) atoms. The summed E-state index contributed by atoms with van der Waals surface area (Å²) >= 11 is 0. The Bertz CT molecular complexity index is 3080. The summed E-state index contributed by atoms with van der Waals surface area (Å²) in [6.07, 6.45) is -5.76. The van der Waals surface area contributed by atoms with E-state index in [0.717, 1.165) is 40.3 Å².